The molecule has 0 radical (unpaired) electrons. The average molecular weight is 279 g/mol. The Morgan fingerprint density at radius 3 is 2.68 bits per heavy atom. The molecule has 1 atom stereocenters. The number of ether oxygens (including phenoxy) is 1. The van der Waals surface area contributed by atoms with E-state index in [4.69, 9.17) is 22.7 Å². The number of carbonyl (C=O) groups is 1. The molecule has 1 unspecified atom stereocenters. The molecule has 0 saturated carbocycles. The Labute approximate surface area is 116 Å². The molecular weight excluding hydrogens is 262 g/mol. The smallest absolute Gasteiger partial charge is 0.240 e. The van der Waals surface area contributed by atoms with E-state index in [2.05, 4.69) is 4.98 Å². The first-order chi connectivity index (χ1) is 8.97. The molecule has 0 saturated heterocycles. The molecule has 0 aliphatic carbocycles. The second-order valence-corrected chi connectivity index (χ2v) is 5.13. The first kappa shape index (κ1) is 13.6. The number of benzene rings is 1. The molecule has 2 aromatic rings. The second-order valence-electron chi connectivity index (χ2n) is 4.75. The van der Waals surface area contributed by atoms with E-state index in [1.807, 2.05) is 32.0 Å². The lowest BCUT2D eigenvalue weighted by molar-refractivity contribution is -0.122. The Morgan fingerprint density at radius 1 is 1.47 bits per heavy atom. The van der Waals surface area contributed by atoms with Gasteiger partial charge in [0.1, 0.15) is 17.3 Å². The van der Waals surface area contributed by atoms with Gasteiger partial charge in [-0.05, 0) is 30.3 Å². The van der Waals surface area contributed by atoms with Gasteiger partial charge in [-0.2, -0.15) is 0 Å². The van der Waals surface area contributed by atoms with Gasteiger partial charge >= 0.3 is 0 Å². The number of nitrogens with one attached hydrogen (secondary N) is 1. The zero-order chi connectivity index (χ0) is 14.2. The molecule has 2 rings (SSSR count). The van der Waals surface area contributed by atoms with Crippen LogP contribution < -0.4 is 10.5 Å². The maximum atomic E-state index is 11.7. The van der Waals surface area contributed by atoms with E-state index in [0.29, 0.717) is 10.5 Å². The third-order valence-electron chi connectivity index (χ3n) is 3.14. The molecule has 5 nitrogen and oxygen atoms in total. The van der Waals surface area contributed by atoms with E-state index in [1.54, 1.807) is 11.7 Å². The Hall–Kier alpha value is -1.82. The molecule has 6 heteroatoms. The van der Waals surface area contributed by atoms with Crippen LogP contribution in [0.2, 0.25) is 0 Å². The molecule has 102 valence electrons. The first-order valence-electron chi connectivity index (χ1n) is 6.04. The molecule has 0 aliphatic heterocycles. The fraction of sp³-hybridized carbons (Fsp3) is 0.385. The zero-order valence-corrected chi connectivity index (χ0v) is 12.0. The number of imidazole rings is 1. The number of rotatable bonds is 4. The van der Waals surface area contributed by atoms with Crippen molar-refractivity contribution in [2.24, 2.45) is 11.7 Å². The Balaban J connectivity index is 2.77. The summed E-state index contributed by atoms with van der Waals surface area (Å²) in [4.78, 5) is 14.8. The Bertz CT molecular complexity index is 672. The van der Waals surface area contributed by atoms with Crippen LogP contribution in [-0.2, 0) is 4.79 Å². The quantitative estimate of drug-likeness (QED) is 0.844. The summed E-state index contributed by atoms with van der Waals surface area (Å²) in [6, 6.07) is 5.11. The van der Waals surface area contributed by atoms with Crippen molar-refractivity contribution in [2.75, 3.05) is 7.11 Å². The number of carbonyl (C=O) groups excluding carboxylic acids is 1. The normalized spacial score (nSPS) is 12.8. The largest absolute Gasteiger partial charge is 0.494 e. The number of methoxy groups -OCH3 is 1. The van der Waals surface area contributed by atoms with Gasteiger partial charge in [-0.1, -0.05) is 19.9 Å². The van der Waals surface area contributed by atoms with Gasteiger partial charge in [0.25, 0.3) is 0 Å². The van der Waals surface area contributed by atoms with Crippen LogP contribution in [-0.4, -0.2) is 22.6 Å². The second kappa shape index (κ2) is 5.05. The number of aromatic amines is 1. The van der Waals surface area contributed by atoms with Crippen LogP contribution in [0, 0.1) is 10.7 Å². The fourth-order valence-corrected chi connectivity index (χ4v) is 2.64. The molecule has 0 fully saturated rings. The van der Waals surface area contributed by atoms with Crippen molar-refractivity contribution < 1.29 is 9.53 Å². The third kappa shape index (κ3) is 2.23. The number of primary amides is 1. The molecule has 1 aromatic heterocycles. The number of aromatic nitrogens is 2. The highest BCUT2D eigenvalue weighted by Crippen LogP contribution is 2.29. The van der Waals surface area contributed by atoms with Gasteiger partial charge in [0.05, 0.1) is 12.6 Å². The topological polar surface area (TPSA) is 73.0 Å². The van der Waals surface area contributed by atoms with Crippen LogP contribution in [0.25, 0.3) is 11.0 Å². The van der Waals surface area contributed by atoms with E-state index in [9.17, 15) is 4.79 Å². The molecule has 1 aromatic carbocycles. The van der Waals surface area contributed by atoms with Crippen LogP contribution in [0.1, 0.15) is 19.9 Å². The van der Waals surface area contributed by atoms with Crippen molar-refractivity contribution in [2.45, 2.75) is 19.9 Å². The summed E-state index contributed by atoms with van der Waals surface area (Å²) in [6.45, 7) is 3.88. The summed E-state index contributed by atoms with van der Waals surface area (Å²) in [5.74, 6) is 0.346. The molecule has 19 heavy (non-hydrogen) atoms. The lowest BCUT2D eigenvalue weighted by atomic mass is 10.0. The summed E-state index contributed by atoms with van der Waals surface area (Å²) >= 11 is 5.32. The van der Waals surface area contributed by atoms with Gasteiger partial charge in [-0.3, -0.25) is 4.79 Å². The van der Waals surface area contributed by atoms with Gasteiger partial charge in [-0.15, -0.1) is 0 Å². The predicted octanol–water partition coefficient (Wildman–Crippen LogP) is 2.39. The van der Waals surface area contributed by atoms with Gasteiger partial charge in [-0.25, -0.2) is 0 Å². The van der Waals surface area contributed by atoms with Crippen LogP contribution in [0.3, 0.4) is 0 Å². The minimum Gasteiger partial charge on any atom is -0.494 e. The number of hydrogen-bond acceptors (Lipinski definition) is 3. The highest BCUT2D eigenvalue weighted by atomic mass is 32.1. The highest BCUT2D eigenvalue weighted by molar-refractivity contribution is 7.71. The van der Waals surface area contributed by atoms with Gasteiger partial charge in [0, 0.05) is 0 Å². The van der Waals surface area contributed by atoms with E-state index in [0.717, 1.165) is 11.0 Å². The van der Waals surface area contributed by atoms with E-state index >= 15 is 0 Å². The number of amides is 1. The van der Waals surface area contributed by atoms with E-state index < -0.39 is 11.9 Å². The van der Waals surface area contributed by atoms with Crippen molar-refractivity contribution in [1.82, 2.24) is 9.55 Å². The summed E-state index contributed by atoms with van der Waals surface area (Å²) in [7, 11) is 1.59. The lowest BCUT2D eigenvalue weighted by Crippen LogP contribution is -2.30. The molecule has 1 heterocycles. The van der Waals surface area contributed by atoms with Crippen molar-refractivity contribution in [1.29, 1.82) is 0 Å². The molecule has 0 aliphatic rings. The van der Waals surface area contributed by atoms with E-state index in [1.165, 1.54) is 0 Å². The Kier molecular flexibility index (Phi) is 3.61. The molecule has 0 spiro atoms. The van der Waals surface area contributed by atoms with Crippen molar-refractivity contribution in [3.05, 3.63) is 23.0 Å². The fourth-order valence-electron chi connectivity index (χ4n) is 2.32. The molecule has 1 amide bonds. The minimum atomic E-state index is -0.478. The number of fused-ring (bicyclic) bond motifs is 1. The Morgan fingerprint density at radius 2 is 2.16 bits per heavy atom. The highest BCUT2D eigenvalue weighted by Gasteiger charge is 2.24. The van der Waals surface area contributed by atoms with Gasteiger partial charge < -0.3 is 20.0 Å². The number of nitrogens with two attached hydrogens (primary N) is 1. The SMILES string of the molecule is COc1cccc2c1[nH]c(=S)n2C(C(N)=O)C(C)C. The van der Waals surface area contributed by atoms with Gasteiger partial charge in [0.15, 0.2) is 4.77 Å². The molecule has 3 N–H and O–H groups in total. The summed E-state index contributed by atoms with van der Waals surface area (Å²) in [5, 5.41) is 0. The average Bonchev–Trinajstić information content (AvgIpc) is 2.66. The number of H-pyrrole nitrogens is 1. The maximum absolute atomic E-state index is 11.7. The standard InChI is InChI=1S/C13H17N3O2S/c1-7(2)11(12(14)17)16-8-5-4-6-9(18-3)10(8)15-13(16)19/h4-7,11H,1-3H3,(H2,14,17)(H,15,19). The van der Waals surface area contributed by atoms with Crippen LogP contribution in [0.5, 0.6) is 5.75 Å². The molecule has 0 bridgehead atoms. The summed E-state index contributed by atoms with van der Waals surface area (Å²) < 4.78 is 7.52. The first-order valence-corrected chi connectivity index (χ1v) is 6.44. The van der Waals surface area contributed by atoms with Crippen molar-refractivity contribution in [3.63, 3.8) is 0 Å². The zero-order valence-electron chi connectivity index (χ0n) is 11.1. The monoisotopic (exact) mass is 279 g/mol. The van der Waals surface area contributed by atoms with Crippen molar-refractivity contribution >= 4 is 29.2 Å². The van der Waals surface area contributed by atoms with Crippen LogP contribution >= 0.6 is 12.2 Å². The number of nitrogens with zero attached hydrogens (tertiary/aromatic N) is 1. The maximum Gasteiger partial charge on any atom is 0.240 e. The summed E-state index contributed by atoms with van der Waals surface area (Å²) in [5.41, 5.74) is 7.11. The van der Waals surface area contributed by atoms with Gasteiger partial charge in [0.2, 0.25) is 5.91 Å². The minimum absolute atomic E-state index is 0.0504. The lowest BCUT2D eigenvalue weighted by Gasteiger charge is -2.19. The third-order valence-corrected chi connectivity index (χ3v) is 3.43. The van der Waals surface area contributed by atoms with Crippen LogP contribution in [0.15, 0.2) is 18.2 Å². The summed E-state index contributed by atoms with van der Waals surface area (Å²) in [6.07, 6.45) is 0. The molecular formula is C13H17N3O2S. The van der Waals surface area contributed by atoms with Crippen LogP contribution in [0.4, 0.5) is 0 Å². The predicted molar refractivity (Wildman–Crippen MR) is 76.7 cm³/mol. The van der Waals surface area contributed by atoms with E-state index in [-0.39, 0.29) is 5.92 Å². The van der Waals surface area contributed by atoms with Crippen molar-refractivity contribution in [3.8, 4) is 5.75 Å². The number of hydrogen-bond donors (Lipinski definition) is 2. The number of para-hydroxylation sites is 1.